The normalized spacial score (nSPS) is 10.6. The van der Waals surface area contributed by atoms with E-state index in [1.54, 1.807) is 12.1 Å². The number of nitrogens with one attached hydrogen (secondary N) is 1. The van der Waals surface area contributed by atoms with Crippen LogP contribution in [0.1, 0.15) is 26.3 Å². The van der Waals surface area contributed by atoms with E-state index in [0.29, 0.717) is 29.4 Å². The lowest BCUT2D eigenvalue weighted by Gasteiger charge is -2.24. The van der Waals surface area contributed by atoms with E-state index in [-0.39, 0.29) is 24.5 Å². The van der Waals surface area contributed by atoms with Crippen molar-refractivity contribution in [3.05, 3.63) is 59.1 Å². The van der Waals surface area contributed by atoms with Crippen LogP contribution in [-0.4, -0.2) is 31.0 Å². The van der Waals surface area contributed by atoms with E-state index < -0.39 is 0 Å². The van der Waals surface area contributed by atoms with Crippen molar-refractivity contribution in [3.8, 4) is 5.75 Å². The molecule has 0 heterocycles. The summed E-state index contributed by atoms with van der Waals surface area (Å²) in [5.41, 5.74) is 1.67. The number of nitrogens with zero attached hydrogens (tertiary/aromatic N) is 1. The summed E-state index contributed by atoms with van der Waals surface area (Å²) >= 11 is 5.87. The minimum absolute atomic E-state index is 0.0341. The van der Waals surface area contributed by atoms with Gasteiger partial charge in [0.25, 0.3) is 0 Å². The first-order valence-corrected chi connectivity index (χ1v) is 9.29. The Morgan fingerprint density at radius 3 is 2.41 bits per heavy atom. The molecule has 5 nitrogen and oxygen atoms in total. The van der Waals surface area contributed by atoms with Gasteiger partial charge < -0.3 is 10.1 Å². The summed E-state index contributed by atoms with van der Waals surface area (Å²) in [7, 11) is 0. The molecule has 0 aromatic heterocycles. The Balaban J connectivity index is 1.98. The third-order valence-electron chi connectivity index (χ3n) is 3.85. The van der Waals surface area contributed by atoms with Crippen LogP contribution < -0.4 is 15.0 Å². The number of anilines is 1. The zero-order chi connectivity index (χ0) is 19.8. The fourth-order valence-corrected chi connectivity index (χ4v) is 2.72. The van der Waals surface area contributed by atoms with Crippen molar-refractivity contribution in [1.29, 1.82) is 0 Å². The molecule has 0 radical (unpaired) electrons. The third-order valence-corrected chi connectivity index (χ3v) is 4.10. The van der Waals surface area contributed by atoms with E-state index in [1.807, 2.05) is 50.2 Å². The first kappa shape index (κ1) is 20.8. The van der Waals surface area contributed by atoms with Crippen molar-refractivity contribution in [2.45, 2.75) is 33.3 Å². The van der Waals surface area contributed by atoms with Crippen molar-refractivity contribution < 1.29 is 14.3 Å². The van der Waals surface area contributed by atoms with Gasteiger partial charge in [-0.25, -0.2) is 0 Å². The molecule has 2 amide bonds. The highest BCUT2D eigenvalue weighted by molar-refractivity contribution is 6.30. The highest BCUT2D eigenvalue weighted by Crippen LogP contribution is 2.29. The van der Waals surface area contributed by atoms with E-state index in [4.69, 9.17) is 16.3 Å². The number of carbonyl (C=O) groups is 2. The fraction of sp³-hybridized carbons (Fsp3) is 0.333. The SMILES string of the molecule is CC(=O)N(CC(=O)NCCc1ccc(Cl)cc1)c1ccccc1OC(C)C. The number of carbonyl (C=O) groups excluding carboxylic acids is 2. The highest BCUT2D eigenvalue weighted by atomic mass is 35.5. The van der Waals surface area contributed by atoms with Crippen LogP contribution in [0, 0.1) is 0 Å². The van der Waals surface area contributed by atoms with Crippen LogP contribution in [0.25, 0.3) is 0 Å². The second-order valence-electron chi connectivity index (χ2n) is 6.47. The number of hydrogen-bond acceptors (Lipinski definition) is 3. The molecule has 0 bridgehead atoms. The van der Waals surface area contributed by atoms with Crippen molar-refractivity contribution >= 4 is 29.1 Å². The summed E-state index contributed by atoms with van der Waals surface area (Å²) < 4.78 is 5.77. The zero-order valence-corrected chi connectivity index (χ0v) is 16.6. The molecule has 0 spiro atoms. The minimum atomic E-state index is -0.224. The van der Waals surface area contributed by atoms with Gasteiger partial charge in [-0.15, -0.1) is 0 Å². The lowest BCUT2D eigenvalue weighted by atomic mass is 10.1. The van der Waals surface area contributed by atoms with Crippen LogP contribution >= 0.6 is 11.6 Å². The molecule has 0 aliphatic rings. The van der Waals surface area contributed by atoms with E-state index in [0.717, 1.165) is 5.56 Å². The lowest BCUT2D eigenvalue weighted by molar-refractivity contribution is -0.123. The number of rotatable bonds is 8. The predicted molar refractivity (Wildman–Crippen MR) is 108 cm³/mol. The van der Waals surface area contributed by atoms with Crippen LogP contribution in [-0.2, 0) is 16.0 Å². The van der Waals surface area contributed by atoms with Crippen molar-refractivity contribution in [3.63, 3.8) is 0 Å². The molecule has 2 aromatic carbocycles. The predicted octanol–water partition coefficient (Wildman–Crippen LogP) is 3.84. The highest BCUT2D eigenvalue weighted by Gasteiger charge is 2.19. The maximum Gasteiger partial charge on any atom is 0.240 e. The Kier molecular flexibility index (Phi) is 7.67. The molecule has 0 unspecified atom stereocenters. The average Bonchev–Trinajstić information content (AvgIpc) is 2.61. The maximum absolute atomic E-state index is 12.3. The van der Waals surface area contributed by atoms with Gasteiger partial charge in [0.05, 0.1) is 11.8 Å². The summed E-state index contributed by atoms with van der Waals surface area (Å²) in [6, 6.07) is 14.7. The molecule has 0 aliphatic heterocycles. The molecule has 0 fully saturated rings. The molecular weight excluding hydrogens is 364 g/mol. The second-order valence-corrected chi connectivity index (χ2v) is 6.90. The maximum atomic E-state index is 12.3. The smallest absolute Gasteiger partial charge is 0.240 e. The van der Waals surface area contributed by atoms with Gasteiger partial charge in [0.1, 0.15) is 12.3 Å². The van der Waals surface area contributed by atoms with Crippen LogP contribution in [0.15, 0.2) is 48.5 Å². The summed E-state index contributed by atoms with van der Waals surface area (Å²) in [4.78, 5) is 25.9. The molecule has 6 heteroatoms. The molecule has 0 aliphatic carbocycles. The molecule has 0 saturated heterocycles. The Bertz CT molecular complexity index is 775. The number of amides is 2. The van der Waals surface area contributed by atoms with Crippen LogP contribution in [0.4, 0.5) is 5.69 Å². The average molecular weight is 389 g/mol. The van der Waals surface area contributed by atoms with E-state index >= 15 is 0 Å². The number of ether oxygens (including phenoxy) is 1. The van der Waals surface area contributed by atoms with E-state index in [9.17, 15) is 9.59 Å². The van der Waals surface area contributed by atoms with Gasteiger partial charge in [-0.2, -0.15) is 0 Å². The molecule has 0 saturated carbocycles. The van der Waals surface area contributed by atoms with Gasteiger partial charge in [-0.05, 0) is 50.1 Å². The van der Waals surface area contributed by atoms with E-state index in [2.05, 4.69) is 5.32 Å². The van der Waals surface area contributed by atoms with Crippen LogP contribution in [0.3, 0.4) is 0 Å². The quantitative estimate of drug-likeness (QED) is 0.747. The summed E-state index contributed by atoms with van der Waals surface area (Å²) in [6.45, 7) is 5.69. The molecule has 27 heavy (non-hydrogen) atoms. The fourth-order valence-electron chi connectivity index (χ4n) is 2.60. The molecule has 2 aromatic rings. The number of para-hydroxylation sites is 2. The van der Waals surface area contributed by atoms with Gasteiger partial charge in [-0.1, -0.05) is 35.9 Å². The number of halogens is 1. The van der Waals surface area contributed by atoms with E-state index in [1.165, 1.54) is 11.8 Å². The summed E-state index contributed by atoms with van der Waals surface area (Å²) in [5, 5.41) is 3.54. The van der Waals surface area contributed by atoms with Crippen LogP contribution in [0.2, 0.25) is 5.02 Å². The van der Waals surface area contributed by atoms with Crippen molar-refractivity contribution in [2.75, 3.05) is 18.0 Å². The molecule has 2 rings (SSSR count). The molecule has 144 valence electrons. The lowest BCUT2D eigenvalue weighted by Crippen LogP contribution is -2.40. The topological polar surface area (TPSA) is 58.6 Å². The van der Waals surface area contributed by atoms with Gasteiger partial charge in [0.2, 0.25) is 11.8 Å². The zero-order valence-electron chi connectivity index (χ0n) is 15.9. The van der Waals surface area contributed by atoms with Gasteiger partial charge in [-0.3, -0.25) is 14.5 Å². The van der Waals surface area contributed by atoms with Gasteiger partial charge >= 0.3 is 0 Å². The van der Waals surface area contributed by atoms with Crippen molar-refractivity contribution in [1.82, 2.24) is 5.32 Å². The Labute approximate surface area is 165 Å². The standard InChI is InChI=1S/C21H25ClN2O3/c1-15(2)27-20-7-5-4-6-19(20)24(16(3)25)14-21(26)23-13-12-17-8-10-18(22)11-9-17/h4-11,15H,12-14H2,1-3H3,(H,23,26). The first-order valence-electron chi connectivity index (χ1n) is 8.91. The third kappa shape index (κ3) is 6.61. The summed E-state index contributed by atoms with van der Waals surface area (Å²) in [6.07, 6.45) is 0.656. The van der Waals surface area contributed by atoms with Gasteiger partial charge in [0, 0.05) is 18.5 Å². The van der Waals surface area contributed by atoms with Gasteiger partial charge in [0.15, 0.2) is 0 Å². The Morgan fingerprint density at radius 2 is 1.78 bits per heavy atom. The first-order chi connectivity index (χ1) is 12.9. The Morgan fingerprint density at radius 1 is 1.11 bits per heavy atom. The molecule has 1 N–H and O–H groups in total. The minimum Gasteiger partial charge on any atom is -0.489 e. The number of hydrogen-bond donors (Lipinski definition) is 1. The monoisotopic (exact) mass is 388 g/mol. The molecular formula is C21H25ClN2O3. The van der Waals surface area contributed by atoms with Crippen LogP contribution in [0.5, 0.6) is 5.75 Å². The Hall–Kier alpha value is -2.53. The molecule has 0 atom stereocenters. The second kappa shape index (κ2) is 9.97. The number of benzene rings is 2. The summed E-state index contributed by atoms with van der Waals surface area (Å²) in [5.74, 6) is 0.137. The van der Waals surface area contributed by atoms with Crippen molar-refractivity contribution in [2.24, 2.45) is 0 Å². The largest absolute Gasteiger partial charge is 0.489 e.